The number of carbonyl (C=O) groups excluding carboxylic acids is 1. The van der Waals surface area contributed by atoms with Crippen LogP contribution in [0.4, 0.5) is 0 Å². The van der Waals surface area contributed by atoms with Crippen LogP contribution in [0.3, 0.4) is 0 Å². The predicted octanol–water partition coefficient (Wildman–Crippen LogP) is 1.27. The number of nitrogens with one attached hydrogen (secondary N) is 1. The van der Waals surface area contributed by atoms with Crippen molar-refractivity contribution in [3.8, 4) is 0 Å². The van der Waals surface area contributed by atoms with E-state index in [0.717, 1.165) is 30.8 Å². The van der Waals surface area contributed by atoms with Gasteiger partial charge in [0.25, 0.3) is 5.91 Å². The Morgan fingerprint density at radius 3 is 3.11 bits per heavy atom. The zero-order chi connectivity index (χ0) is 13.0. The summed E-state index contributed by atoms with van der Waals surface area (Å²) in [7, 11) is 1.66. The molecule has 0 aliphatic carbocycles. The number of benzene rings is 1. The van der Waals surface area contributed by atoms with Gasteiger partial charge in [0, 0.05) is 38.3 Å². The van der Waals surface area contributed by atoms with Gasteiger partial charge in [-0.3, -0.25) is 4.79 Å². The Kier molecular flexibility index (Phi) is 4.33. The average molecular weight is 248 g/mol. The lowest BCUT2D eigenvalue weighted by Gasteiger charge is -2.34. The summed E-state index contributed by atoms with van der Waals surface area (Å²) in [6.45, 7) is 5.12. The quantitative estimate of drug-likeness (QED) is 0.876. The number of nitrogens with zero attached hydrogens (tertiary/aromatic N) is 1. The van der Waals surface area contributed by atoms with Gasteiger partial charge in [-0.1, -0.05) is 12.1 Å². The fourth-order valence-electron chi connectivity index (χ4n) is 2.27. The Labute approximate surface area is 108 Å². The fourth-order valence-corrected chi connectivity index (χ4v) is 2.27. The van der Waals surface area contributed by atoms with E-state index >= 15 is 0 Å². The van der Waals surface area contributed by atoms with Gasteiger partial charge in [0.2, 0.25) is 0 Å². The maximum atomic E-state index is 12.4. The van der Waals surface area contributed by atoms with Crippen LogP contribution in [0.2, 0.25) is 0 Å². The van der Waals surface area contributed by atoms with E-state index in [-0.39, 0.29) is 11.9 Å². The van der Waals surface area contributed by atoms with E-state index in [4.69, 9.17) is 4.74 Å². The van der Waals surface area contributed by atoms with Gasteiger partial charge in [0.15, 0.2) is 0 Å². The third kappa shape index (κ3) is 2.89. The summed E-state index contributed by atoms with van der Waals surface area (Å²) in [6.07, 6.45) is 0. The predicted molar refractivity (Wildman–Crippen MR) is 70.5 cm³/mol. The largest absolute Gasteiger partial charge is 0.380 e. The molecule has 1 aliphatic heterocycles. The number of amides is 1. The van der Waals surface area contributed by atoms with Gasteiger partial charge in [-0.25, -0.2) is 0 Å². The van der Waals surface area contributed by atoms with Crippen LogP contribution in [0.1, 0.15) is 22.8 Å². The Bertz CT molecular complexity index is 420. The fraction of sp³-hybridized carbons (Fsp3) is 0.500. The summed E-state index contributed by atoms with van der Waals surface area (Å²) in [6, 6.07) is 7.92. The zero-order valence-corrected chi connectivity index (χ0v) is 11.0. The summed E-state index contributed by atoms with van der Waals surface area (Å²) in [5.74, 6) is 0.113. The Hall–Kier alpha value is -1.39. The van der Waals surface area contributed by atoms with Crippen molar-refractivity contribution in [2.45, 2.75) is 19.6 Å². The maximum Gasteiger partial charge on any atom is 0.254 e. The van der Waals surface area contributed by atoms with Crippen molar-refractivity contribution in [3.63, 3.8) is 0 Å². The normalized spacial score (nSPS) is 19.9. The molecule has 2 rings (SSSR count). The molecule has 1 fully saturated rings. The molecule has 1 N–H and O–H groups in total. The molecule has 0 unspecified atom stereocenters. The first-order valence-electron chi connectivity index (χ1n) is 6.32. The molecule has 1 saturated heterocycles. The molecule has 1 aromatic carbocycles. The van der Waals surface area contributed by atoms with Crippen molar-refractivity contribution in [1.29, 1.82) is 0 Å². The second kappa shape index (κ2) is 5.98. The van der Waals surface area contributed by atoms with Crippen molar-refractivity contribution >= 4 is 5.91 Å². The number of piperazine rings is 1. The van der Waals surface area contributed by atoms with Crippen LogP contribution >= 0.6 is 0 Å². The first-order chi connectivity index (χ1) is 8.72. The third-order valence-corrected chi connectivity index (χ3v) is 3.25. The van der Waals surface area contributed by atoms with Crippen LogP contribution in [-0.4, -0.2) is 43.6 Å². The molecule has 0 radical (unpaired) electrons. The first kappa shape index (κ1) is 13.1. The van der Waals surface area contributed by atoms with E-state index in [0.29, 0.717) is 6.61 Å². The van der Waals surface area contributed by atoms with Crippen LogP contribution in [0.15, 0.2) is 24.3 Å². The van der Waals surface area contributed by atoms with Crippen LogP contribution in [0.5, 0.6) is 0 Å². The molecule has 18 heavy (non-hydrogen) atoms. The van der Waals surface area contributed by atoms with Gasteiger partial charge in [0.1, 0.15) is 0 Å². The van der Waals surface area contributed by atoms with Crippen LogP contribution in [-0.2, 0) is 11.3 Å². The van der Waals surface area contributed by atoms with Crippen molar-refractivity contribution in [2.24, 2.45) is 0 Å². The van der Waals surface area contributed by atoms with E-state index in [1.165, 1.54) is 0 Å². The summed E-state index contributed by atoms with van der Waals surface area (Å²) in [4.78, 5) is 14.4. The molecule has 0 saturated carbocycles. The molecule has 1 amide bonds. The molecule has 1 atom stereocenters. The molecule has 0 spiro atoms. The SMILES string of the molecule is COCc1cccc(C(=O)N2CCNC[C@@H]2C)c1. The number of methoxy groups -OCH3 is 1. The monoisotopic (exact) mass is 248 g/mol. The highest BCUT2D eigenvalue weighted by Gasteiger charge is 2.23. The van der Waals surface area contributed by atoms with E-state index < -0.39 is 0 Å². The van der Waals surface area contributed by atoms with Gasteiger partial charge in [-0.2, -0.15) is 0 Å². The summed E-state index contributed by atoms with van der Waals surface area (Å²) < 4.78 is 5.09. The highest BCUT2D eigenvalue weighted by atomic mass is 16.5. The number of rotatable bonds is 3. The van der Waals surface area contributed by atoms with Crippen molar-refractivity contribution in [2.75, 3.05) is 26.7 Å². The highest BCUT2D eigenvalue weighted by Crippen LogP contribution is 2.12. The Balaban J connectivity index is 2.14. The van der Waals surface area contributed by atoms with Gasteiger partial charge in [0.05, 0.1) is 6.61 Å². The second-order valence-corrected chi connectivity index (χ2v) is 4.69. The molecular weight excluding hydrogens is 228 g/mol. The summed E-state index contributed by atoms with van der Waals surface area (Å²) in [5, 5.41) is 3.29. The smallest absolute Gasteiger partial charge is 0.254 e. The lowest BCUT2D eigenvalue weighted by atomic mass is 10.1. The van der Waals surface area contributed by atoms with Crippen LogP contribution in [0, 0.1) is 0 Å². The van der Waals surface area contributed by atoms with Gasteiger partial charge >= 0.3 is 0 Å². The van der Waals surface area contributed by atoms with Gasteiger partial charge in [-0.15, -0.1) is 0 Å². The topological polar surface area (TPSA) is 41.6 Å². The molecule has 0 aromatic heterocycles. The molecule has 4 heteroatoms. The standard InChI is InChI=1S/C14H20N2O2/c1-11-9-15-6-7-16(11)14(17)13-5-3-4-12(8-13)10-18-2/h3-5,8,11,15H,6-7,9-10H2,1-2H3/t11-/m0/s1. The van der Waals surface area contributed by atoms with Crippen LogP contribution in [0.25, 0.3) is 0 Å². The van der Waals surface area contributed by atoms with Gasteiger partial charge < -0.3 is 15.0 Å². The molecular formula is C14H20N2O2. The van der Waals surface area contributed by atoms with Crippen molar-refractivity contribution in [1.82, 2.24) is 10.2 Å². The number of carbonyl (C=O) groups is 1. The first-order valence-corrected chi connectivity index (χ1v) is 6.32. The van der Waals surface area contributed by atoms with E-state index in [9.17, 15) is 4.79 Å². The van der Waals surface area contributed by atoms with E-state index in [1.807, 2.05) is 29.2 Å². The van der Waals surface area contributed by atoms with Gasteiger partial charge in [-0.05, 0) is 24.6 Å². The maximum absolute atomic E-state index is 12.4. The number of ether oxygens (including phenoxy) is 1. The molecule has 98 valence electrons. The molecule has 1 aromatic rings. The lowest BCUT2D eigenvalue weighted by molar-refractivity contribution is 0.0655. The van der Waals surface area contributed by atoms with Crippen molar-refractivity contribution in [3.05, 3.63) is 35.4 Å². The van der Waals surface area contributed by atoms with E-state index in [1.54, 1.807) is 7.11 Å². The van der Waals surface area contributed by atoms with E-state index in [2.05, 4.69) is 12.2 Å². The van der Waals surface area contributed by atoms with Crippen LogP contribution < -0.4 is 5.32 Å². The lowest BCUT2D eigenvalue weighted by Crippen LogP contribution is -2.52. The molecule has 1 heterocycles. The Morgan fingerprint density at radius 2 is 2.39 bits per heavy atom. The minimum absolute atomic E-state index is 0.113. The number of hydrogen-bond acceptors (Lipinski definition) is 3. The highest BCUT2D eigenvalue weighted by molar-refractivity contribution is 5.94. The molecule has 0 bridgehead atoms. The third-order valence-electron chi connectivity index (χ3n) is 3.25. The minimum Gasteiger partial charge on any atom is -0.380 e. The molecule has 1 aliphatic rings. The van der Waals surface area contributed by atoms with Crippen molar-refractivity contribution < 1.29 is 9.53 Å². The minimum atomic E-state index is 0.113. The second-order valence-electron chi connectivity index (χ2n) is 4.69. The Morgan fingerprint density at radius 1 is 1.56 bits per heavy atom. The number of hydrogen-bond donors (Lipinski definition) is 1. The molecule has 4 nitrogen and oxygen atoms in total. The summed E-state index contributed by atoms with van der Waals surface area (Å²) in [5.41, 5.74) is 1.78. The average Bonchev–Trinajstić information content (AvgIpc) is 2.39. The summed E-state index contributed by atoms with van der Waals surface area (Å²) >= 11 is 0. The zero-order valence-electron chi connectivity index (χ0n) is 11.0.